The summed E-state index contributed by atoms with van der Waals surface area (Å²) in [6.45, 7) is 3.18. The van der Waals surface area contributed by atoms with E-state index in [1.165, 1.54) is 27.7 Å². The van der Waals surface area contributed by atoms with E-state index in [4.69, 9.17) is 0 Å². The van der Waals surface area contributed by atoms with Crippen molar-refractivity contribution in [3.05, 3.63) is 78.0 Å². The Balaban J connectivity index is 1.54. The van der Waals surface area contributed by atoms with Gasteiger partial charge in [0, 0.05) is 30.8 Å². The minimum absolute atomic E-state index is 1.02. The Morgan fingerprint density at radius 2 is 1.77 bits per heavy atom. The molecule has 110 valence electrons. The Hall–Kier alpha value is -2.32. The van der Waals surface area contributed by atoms with Gasteiger partial charge in [0.05, 0.1) is 0 Å². The minimum atomic E-state index is 1.02. The first-order chi connectivity index (χ1) is 10.9. The standard InChI is InChI=1S/C20H20N2/c1-2-7-16(8-3-1)14-22-12-6-10-18(15-22)20-13-17-9-4-5-11-19(17)21-20/h1-5,7-11,13,21H,6,12,14-15H2. The Labute approximate surface area is 131 Å². The third kappa shape index (κ3) is 2.70. The average molecular weight is 288 g/mol. The highest BCUT2D eigenvalue weighted by atomic mass is 15.1. The van der Waals surface area contributed by atoms with Crippen LogP contribution in [0.3, 0.4) is 0 Å². The van der Waals surface area contributed by atoms with Gasteiger partial charge in [0.25, 0.3) is 0 Å². The van der Waals surface area contributed by atoms with Crippen LogP contribution in [0.2, 0.25) is 0 Å². The molecule has 0 saturated heterocycles. The van der Waals surface area contributed by atoms with Crippen LogP contribution in [0.25, 0.3) is 16.5 Å². The Morgan fingerprint density at radius 1 is 0.955 bits per heavy atom. The largest absolute Gasteiger partial charge is 0.355 e. The quantitative estimate of drug-likeness (QED) is 0.754. The zero-order chi connectivity index (χ0) is 14.8. The minimum Gasteiger partial charge on any atom is -0.355 e. The molecule has 0 aliphatic carbocycles. The van der Waals surface area contributed by atoms with Gasteiger partial charge in [-0.05, 0) is 35.1 Å². The van der Waals surface area contributed by atoms with Crippen LogP contribution in [0.5, 0.6) is 0 Å². The summed E-state index contributed by atoms with van der Waals surface area (Å²) in [4.78, 5) is 6.08. The highest BCUT2D eigenvalue weighted by molar-refractivity contribution is 5.85. The predicted molar refractivity (Wildman–Crippen MR) is 92.6 cm³/mol. The van der Waals surface area contributed by atoms with E-state index in [1.807, 2.05) is 0 Å². The molecule has 2 heterocycles. The molecule has 0 amide bonds. The molecule has 1 N–H and O–H groups in total. The first-order valence-electron chi connectivity index (χ1n) is 7.92. The smallest absolute Gasteiger partial charge is 0.0458 e. The van der Waals surface area contributed by atoms with E-state index in [9.17, 15) is 0 Å². The van der Waals surface area contributed by atoms with Crippen LogP contribution >= 0.6 is 0 Å². The van der Waals surface area contributed by atoms with Crippen molar-refractivity contribution in [1.82, 2.24) is 9.88 Å². The number of H-pyrrole nitrogens is 1. The third-order valence-electron chi connectivity index (χ3n) is 4.35. The molecule has 2 aromatic carbocycles. The number of para-hydroxylation sites is 1. The molecule has 0 spiro atoms. The van der Waals surface area contributed by atoms with Crippen LogP contribution < -0.4 is 0 Å². The van der Waals surface area contributed by atoms with Crippen LogP contribution in [-0.2, 0) is 6.54 Å². The van der Waals surface area contributed by atoms with Crippen molar-refractivity contribution in [1.29, 1.82) is 0 Å². The molecular formula is C20H20N2. The van der Waals surface area contributed by atoms with E-state index < -0.39 is 0 Å². The topological polar surface area (TPSA) is 19.0 Å². The molecule has 2 nitrogen and oxygen atoms in total. The molecule has 22 heavy (non-hydrogen) atoms. The van der Waals surface area contributed by atoms with Crippen LogP contribution in [-0.4, -0.2) is 23.0 Å². The molecule has 2 heteroatoms. The summed E-state index contributed by atoms with van der Waals surface area (Å²) in [6.07, 6.45) is 3.50. The molecule has 1 aliphatic rings. The number of rotatable bonds is 3. The molecule has 0 atom stereocenters. The number of hydrogen-bond acceptors (Lipinski definition) is 1. The maximum atomic E-state index is 3.55. The Kier molecular flexibility index (Phi) is 3.53. The van der Waals surface area contributed by atoms with Crippen molar-refractivity contribution in [3.63, 3.8) is 0 Å². The van der Waals surface area contributed by atoms with Crippen molar-refractivity contribution in [2.75, 3.05) is 13.1 Å². The van der Waals surface area contributed by atoms with Crippen LogP contribution in [0.4, 0.5) is 0 Å². The second kappa shape index (κ2) is 5.82. The summed E-state index contributed by atoms with van der Waals surface area (Å²) in [6, 6.07) is 21.5. The lowest BCUT2D eigenvalue weighted by Gasteiger charge is -2.27. The number of aromatic amines is 1. The van der Waals surface area contributed by atoms with Crippen molar-refractivity contribution in [3.8, 4) is 0 Å². The summed E-state index contributed by atoms with van der Waals surface area (Å²) in [5.74, 6) is 0. The lowest BCUT2D eigenvalue weighted by atomic mass is 10.1. The van der Waals surface area contributed by atoms with E-state index >= 15 is 0 Å². The van der Waals surface area contributed by atoms with Gasteiger partial charge in [-0.2, -0.15) is 0 Å². The van der Waals surface area contributed by atoms with Crippen molar-refractivity contribution >= 4 is 16.5 Å². The number of fused-ring (bicyclic) bond motifs is 1. The highest BCUT2D eigenvalue weighted by Crippen LogP contribution is 2.25. The molecule has 0 fully saturated rings. The SMILES string of the molecule is C1=C(c2cc3ccccc3[nH]2)CN(Cc2ccccc2)CC1. The molecule has 0 bridgehead atoms. The number of nitrogens with zero attached hydrogens (tertiary/aromatic N) is 1. The van der Waals surface area contributed by atoms with E-state index in [0.29, 0.717) is 0 Å². The molecule has 0 unspecified atom stereocenters. The zero-order valence-corrected chi connectivity index (χ0v) is 12.6. The van der Waals surface area contributed by atoms with Crippen molar-refractivity contribution < 1.29 is 0 Å². The predicted octanol–water partition coefficient (Wildman–Crippen LogP) is 4.46. The average Bonchev–Trinajstić information content (AvgIpc) is 3.00. The number of hydrogen-bond donors (Lipinski definition) is 1. The Bertz CT molecular complexity index is 766. The molecule has 0 saturated carbocycles. The maximum Gasteiger partial charge on any atom is 0.0458 e. The zero-order valence-electron chi connectivity index (χ0n) is 12.6. The fourth-order valence-electron chi connectivity index (χ4n) is 3.22. The molecule has 1 aliphatic heterocycles. The fourth-order valence-corrected chi connectivity index (χ4v) is 3.22. The lowest BCUT2D eigenvalue weighted by Crippen LogP contribution is -2.29. The normalized spacial score (nSPS) is 15.9. The second-order valence-electron chi connectivity index (χ2n) is 5.98. The van der Waals surface area contributed by atoms with E-state index in [1.54, 1.807) is 0 Å². The van der Waals surface area contributed by atoms with Crippen LogP contribution in [0.15, 0.2) is 66.7 Å². The molecule has 0 radical (unpaired) electrons. The highest BCUT2D eigenvalue weighted by Gasteiger charge is 2.15. The second-order valence-corrected chi connectivity index (χ2v) is 5.98. The summed E-state index contributed by atoms with van der Waals surface area (Å²) >= 11 is 0. The van der Waals surface area contributed by atoms with Gasteiger partial charge in [0.1, 0.15) is 0 Å². The maximum absolute atomic E-state index is 3.55. The number of aromatic nitrogens is 1. The van der Waals surface area contributed by atoms with Crippen molar-refractivity contribution in [2.45, 2.75) is 13.0 Å². The van der Waals surface area contributed by atoms with E-state index in [0.717, 1.165) is 26.1 Å². The number of benzene rings is 2. The van der Waals surface area contributed by atoms with Gasteiger partial charge in [-0.3, -0.25) is 4.90 Å². The first-order valence-corrected chi connectivity index (χ1v) is 7.92. The van der Waals surface area contributed by atoms with E-state index in [-0.39, 0.29) is 0 Å². The first kappa shape index (κ1) is 13.4. The third-order valence-corrected chi connectivity index (χ3v) is 4.35. The monoisotopic (exact) mass is 288 g/mol. The molecule has 4 rings (SSSR count). The Morgan fingerprint density at radius 3 is 2.64 bits per heavy atom. The summed E-state index contributed by atoms with van der Waals surface area (Å²) in [7, 11) is 0. The van der Waals surface area contributed by atoms with Gasteiger partial charge < -0.3 is 4.98 Å². The van der Waals surface area contributed by atoms with Gasteiger partial charge in [-0.15, -0.1) is 0 Å². The lowest BCUT2D eigenvalue weighted by molar-refractivity contribution is 0.296. The molecular weight excluding hydrogens is 268 g/mol. The summed E-state index contributed by atoms with van der Waals surface area (Å²) < 4.78 is 0. The van der Waals surface area contributed by atoms with Gasteiger partial charge in [-0.1, -0.05) is 54.6 Å². The molecule has 1 aromatic heterocycles. The summed E-state index contributed by atoms with van der Waals surface area (Å²) in [5.41, 5.74) is 5.29. The van der Waals surface area contributed by atoms with Crippen molar-refractivity contribution in [2.24, 2.45) is 0 Å². The van der Waals surface area contributed by atoms with Gasteiger partial charge >= 0.3 is 0 Å². The van der Waals surface area contributed by atoms with Gasteiger partial charge in [0.15, 0.2) is 0 Å². The van der Waals surface area contributed by atoms with E-state index in [2.05, 4.69) is 76.6 Å². The van der Waals surface area contributed by atoms with Crippen LogP contribution in [0, 0.1) is 0 Å². The van der Waals surface area contributed by atoms with Gasteiger partial charge in [-0.25, -0.2) is 0 Å². The number of nitrogens with one attached hydrogen (secondary N) is 1. The molecule has 3 aromatic rings. The fraction of sp³-hybridized carbons (Fsp3) is 0.200. The summed E-state index contributed by atoms with van der Waals surface area (Å²) in [5, 5.41) is 1.29. The van der Waals surface area contributed by atoms with Crippen LogP contribution in [0.1, 0.15) is 17.7 Å². The van der Waals surface area contributed by atoms with Gasteiger partial charge in [0.2, 0.25) is 0 Å².